The highest BCUT2D eigenvalue weighted by molar-refractivity contribution is 7.89. The minimum Gasteiger partial charge on any atom is -0.399 e. The fourth-order valence-electron chi connectivity index (χ4n) is 2.49. The first-order chi connectivity index (χ1) is 12.8. The van der Waals surface area contributed by atoms with Crippen LogP contribution in [0.5, 0.6) is 0 Å². The number of rotatable bonds is 9. The zero-order valence-corrected chi connectivity index (χ0v) is 17.2. The van der Waals surface area contributed by atoms with E-state index in [1.807, 2.05) is 24.3 Å². The molecule has 0 heterocycles. The van der Waals surface area contributed by atoms with Crippen molar-refractivity contribution in [2.45, 2.75) is 24.2 Å². The van der Waals surface area contributed by atoms with Gasteiger partial charge < -0.3 is 11.1 Å². The average Bonchev–Trinajstić information content (AvgIpc) is 2.63. The maximum Gasteiger partial charge on any atom is 0.242 e. The summed E-state index contributed by atoms with van der Waals surface area (Å²) in [5.74, 6) is -0.620. The summed E-state index contributed by atoms with van der Waals surface area (Å²) in [6.07, 6.45) is 1.32. The Kier molecular flexibility index (Phi) is 9.37. The number of hydrogen-bond acceptors (Lipinski definition) is 4. The van der Waals surface area contributed by atoms with E-state index in [2.05, 4.69) is 5.32 Å². The summed E-state index contributed by atoms with van der Waals surface area (Å²) in [5, 5.41) is 2.82. The van der Waals surface area contributed by atoms with Gasteiger partial charge in [-0.3, -0.25) is 4.79 Å². The van der Waals surface area contributed by atoms with Crippen LogP contribution >= 0.6 is 12.4 Å². The van der Waals surface area contributed by atoms with Crippen molar-refractivity contribution in [1.82, 2.24) is 9.62 Å². The van der Waals surface area contributed by atoms with Gasteiger partial charge in [0.05, 0.1) is 4.90 Å². The first-order valence-electron chi connectivity index (χ1n) is 8.62. The van der Waals surface area contributed by atoms with Gasteiger partial charge in [-0.05, 0) is 54.8 Å². The molecule has 0 aliphatic carbocycles. The molecule has 2 aromatic carbocycles. The normalized spacial score (nSPS) is 11.1. The quantitative estimate of drug-likeness (QED) is 0.599. The van der Waals surface area contributed by atoms with Crippen LogP contribution in [0.1, 0.15) is 18.4 Å². The SMILES string of the molecule is CN(CCCC(=O)NCCc1ccc(N)cc1)S(=O)(=O)c1ccc(F)cc1.Cl. The third kappa shape index (κ3) is 7.10. The molecule has 6 nitrogen and oxygen atoms in total. The maximum absolute atomic E-state index is 12.9. The van der Waals surface area contributed by atoms with Crippen LogP contribution in [0.15, 0.2) is 53.4 Å². The van der Waals surface area contributed by atoms with Crippen LogP contribution in [0.4, 0.5) is 10.1 Å². The summed E-state index contributed by atoms with van der Waals surface area (Å²) in [7, 11) is -2.24. The van der Waals surface area contributed by atoms with Gasteiger partial charge in [-0.15, -0.1) is 12.4 Å². The number of nitrogens with zero attached hydrogens (tertiary/aromatic N) is 1. The molecular weight excluding hydrogens is 405 g/mol. The summed E-state index contributed by atoms with van der Waals surface area (Å²) in [6.45, 7) is 0.706. The van der Waals surface area contributed by atoms with E-state index in [0.29, 0.717) is 25.1 Å². The number of benzene rings is 2. The number of sulfonamides is 1. The lowest BCUT2D eigenvalue weighted by Crippen LogP contribution is -2.30. The lowest BCUT2D eigenvalue weighted by Gasteiger charge is -2.17. The molecular formula is C19H25ClFN3O3S. The third-order valence-corrected chi connectivity index (χ3v) is 5.99. The number of nitrogen functional groups attached to an aromatic ring is 1. The second-order valence-corrected chi connectivity index (χ2v) is 8.27. The van der Waals surface area contributed by atoms with E-state index in [1.165, 1.54) is 23.5 Å². The van der Waals surface area contributed by atoms with Crippen molar-refractivity contribution in [2.75, 3.05) is 25.9 Å². The van der Waals surface area contributed by atoms with Crippen LogP contribution in [-0.4, -0.2) is 38.8 Å². The Morgan fingerprint density at radius 3 is 2.32 bits per heavy atom. The molecule has 0 saturated heterocycles. The Morgan fingerprint density at radius 2 is 1.71 bits per heavy atom. The molecule has 154 valence electrons. The largest absolute Gasteiger partial charge is 0.399 e. The summed E-state index contributed by atoms with van der Waals surface area (Å²) < 4.78 is 38.8. The Hall–Kier alpha value is -2.16. The van der Waals surface area contributed by atoms with Crippen LogP contribution in [0.3, 0.4) is 0 Å². The molecule has 3 N–H and O–H groups in total. The number of nitrogens with one attached hydrogen (secondary N) is 1. The van der Waals surface area contributed by atoms with Gasteiger partial charge in [0.1, 0.15) is 5.82 Å². The standard InChI is InChI=1S/C19H24FN3O3S.ClH/c1-23(27(25,26)18-10-6-16(20)7-11-18)14-2-3-19(24)22-13-12-15-4-8-17(21)9-5-15;/h4-11H,2-3,12-14,21H2,1H3,(H,22,24);1H. The lowest BCUT2D eigenvalue weighted by atomic mass is 10.1. The highest BCUT2D eigenvalue weighted by atomic mass is 35.5. The van der Waals surface area contributed by atoms with Gasteiger partial charge in [0, 0.05) is 32.2 Å². The zero-order valence-electron chi connectivity index (χ0n) is 15.6. The highest BCUT2D eigenvalue weighted by Crippen LogP contribution is 2.15. The minimum absolute atomic E-state index is 0. The Labute approximate surface area is 171 Å². The Morgan fingerprint density at radius 1 is 1.11 bits per heavy atom. The first-order valence-corrected chi connectivity index (χ1v) is 10.1. The number of halogens is 2. The minimum atomic E-state index is -3.69. The molecule has 0 spiro atoms. The molecule has 0 aliphatic rings. The predicted molar refractivity (Wildman–Crippen MR) is 110 cm³/mol. The van der Waals surface area contributed by atoms with E-state index >= 15 is 0 Å². The maximum atomic E-state index is 12.9. The molecule has 28 heavy (non-hydrogen) atoms. The number of carbonyl (C=O) groups is 1. The molecule has 0 radical (unpaired) electrons. The second-order valence-electron chi connectivity index (χ2n) is 6.23. The van der Waals surface area contributed by atoms with Crippen molar-refractivity contribution in [3.63, 3.8) is 0 Å². The summed E-state index contributed by atoms with van der Waals surface area (Å²) in [6, 6.07) is 12.1. The van der Waals surface area contributed by atoms with E-state index in [0.717, 1.165) is 17.7 Å². The average molecular weight is 430 g/mol. The monoisotopic (exact) mass is 429 g/mol. The molecule has 0 unspecified atom stereocenters. The molecule has 9 heteroatoms. The zero-order chi connectivity index (χ0) is 19.9. The van der Waals surface area contributed by atoms with Crippen LogP contribution in [0, 0.1) is 5.82 Å². The van der Waals surface area contributed by atoms with Crippen LogP contribution in [0.2, 0.25) is 0 Å². The topological polar surface area (TPSA) is 92.5 Å². The van der Waals surface area contributed by atoms with Crippen LogP contribution in [0.25, 0.3) is 0 Å². The number of hydrogen-bond donors (Lipinski definition) is 2. The van der Waals surface area contributed by atoms with Gasteiger partial charge >= 0.3 is 0 Å². The molecule has 0 bridgehead atoms. The van der Waals surface area contributed by atoms with E-state index in [-0.39, 0.29) is 36.2 Å². The van der Waals surface area contributed by atoms with Crippen molar-refractivity contribution < 1.29 is 17.6 Å². The van der Waals surface area contributed by atoms with Crippen molar-refractivity contribution in [2.24, 2.45) is 0 Å². The number of amides is 1. The smallest absolute Gasteiger partial charge is 0.242 e. The van der Waals surface area contributed by atoms with Crippen molar-refractivity contribution in [3.8, 4) is 0 Å². The molecule has 2 aromatic rings. The first kappa shape index (κ1) is 23.9. The predicted octanol–water partition coefficient (Wildman–Crippen LogP) is 2.59. The molecule has 0 aromatic heterocycles. The number of carbonyl (C=O) groups excluding carboxylic acids is 1. The highest BCUT2D eigenvalue weighted by Gasteiger charge is 2.20. The van der Waals surface area contributed by atoms with Gasteiger partial charge in [-0.2, -0.15) is 0 Å². The van der Waals surface area contributed by atoms with Gasteiger partial charge in [-0.25, -0.2) is 17.1 Å². The summed E-state index contributed by atoms with van der Waals surface area (Å²) in [4.78, 5) is 11.9. The molecule has 0 aliphatic heterocycles. The fourth-order valence-corrected chi connectivity index (χ4v) is 3.70. The molecule has 0 fully saturated rings. The Bertz CT molecular complexity index is 859. The van der Waals surface area contributed by atoms with Gasteiger partial charge in [0.2, 0.25) is 15.9 Å². The molecule has 2 rings (SSSR count). The summed E-state index contributed by atoms with van der Waals surface area (Å²) in [5.41, 5.74) is 7.40. The van der Waals surface area contributed by atoms with Crippen molar-refractivity contribution >= 4 is 34.0 Å². The van der Waals surface area contributed by atoms with E-state index in [9.17, 15) is 17.6 Å². The lowest BCUT2D eigenvalue weighted by molar-refractivity contribution is -0.121. The second kappa shape index (κ2) is 11.0. The van der Waals surface area contributed by atoms with E-state index in [1.54, 1.807) is 0 Å². The van der Waals surface area contributed by atoms with Crippen molar-refractivity contribution in [1.29, 1.82) is 0 Å². The molecule has 1 amide bonds. The number of anilines is 1. The van der Waals surface area contributed by atoms with Gasteiger partial charge in [-0.1, -0.05) is 12.1 Å². The van der Waals surface area contributed by atoms with E-state index < -0.39 is 15.8 Å². The number of nitrogens with two attached hydrogens (primary N) is 1. The Balaban J connectivity index is 0.00000392. The molecule has 0 saturated carbocycles. The van der Waals surface area contributed by atoms with E-state index in [4.69, 9.17) is 5.73 Å². The van der Waals surface area contributed by atoms with Crippen molar-refractivity contribution in [3.05, 3.63) is 59.9 Å². The van der Waals surface area contributed by atoms with Gasteiger partial charge in [0.15, 0.2) is 0 Å². The van der Waals surface area contributed by atoms with Crippen LogP contribution < -0.4 is 11.1 Å². The fraction of sp³-hybridized carbons (Fsp3) is 0.316. The van der Waals surface area contributed by atoms with Gasteiger partial charge in [0.25, 0.3) is 0 Å². The summed E-state index contributed by atoms with van der Waals surface area (Å²) >= 11 is 0. The third-order valence-electron chi connectivity index (χ3n) is 4.11. The van der Waals surface area contributed by atoms with Crippen LogP contribution in [-0.2, 0) is 21.2 Å². The molecule has 0 atom stereocenters.